The van der Waals surface area contributed by atoms with Gasteiger partial charge in [-0.1, -0.05) is 18.2 Å². The zero-order chi connectivity index (χ0) is 25.1. The lowest BCUT2D eigenvalue weighted by Crippen LogP contribution is -2.48. The van der Waals surface area contributed by atoms with Gasteiger partial charge in [-0.2, -0.15) is 0 Å². The second kappa shape index (κ2) is 10.5. The monoisotopic (exact) mass is 488 g/mol. The Morgan fingerprint density at radius 1 is 1.00 bits per heavy atom. The summed E-state index contributed by atoms with van der Waals surface area (Å²) in [5, 5.41) is 2.76. The van der Waals surface area contributed by atoms with Crippen LogP contribution in [0.3, 0.4) is 0 Å². The lowest BCUT2D eigenvalue weighted by atomic mass is 9.48. The Labute approximate surface area is 213 Å². The Morgan fingerprint density at radius 3 is 2.31 bits per heavy atom. The van der Waals surface area contributed by atoms with E-state index in [0.717, 1.165) is 23.5 Å². The van der Waals surface area contributed by atoms with Crippen molar-refractivity contribution in [1.82, 2.24) is 4.90 Å². The standard InChI is InChI=1S/C30H36N2O4/c1-32(2)11-13-36-29(34)24-4-3-5-26(17-24)31-28(33)10-12-35-27-8-6-25(7-9-27)30-18-21-14-22(19-30)16-23(15-21)20-30/h3-10,12,17,21-23H,11,13-16,18-20H2,1-2H3,(H,31,33). The Morgan fingerprint density at radius 2 is 1.67 bits per heavy atom. The van der Waals surface area contributed by atoms with Gasteiger partial charge in [0, 0.05) is 18.3 Å². The number of nitrogens with zero attached hydrogens (tertiary/aromatic N) is 1. The molecule has 4 saturated carbocycles. The molecular weight excluding hydrogens is 452 g/mol. The van der Waals surface area contributed by atoms with Crippen molar-refractivity contribution in [1.29, 1.82) is 0 Å². The molecule has 0 aliphatic heterocycles. The van der Waals surface area contributed by atoms with Gasteiger partial charge in [-0.05, 0) is 112 Å². The number of esters is 1. The van der Waals surface area contributed by atoms with Crippen LogP contribution in [0.15, 0.2) is 60.9 Å². The molecule has 4 aliphatic carbocycles. The summed E-state index contributed by atoms with van der Waals surface area (Å²) >= 11 is 0. The number of anilines is 1. The normalized spacial score (nSPS) is 26.4. The average Bonchev–Trinajstić information content (AvgIpc) is 2.83. The fourth-order valence-electron chi connectivity index (χ4n) is 6.84. The van der Waals surface area contributed by atoms with Crippen molar-refractivity contribution >= 4 is 17.6 Å². The number of rotatable bonds is 9. The average molecular weight is 489 g/mol. The van der Waals surface area contributed by atoms with Gasteiger partial charge in [-0.3, -0.25) is 4.79 Å². The molecule has 4 aliphatic rings. The molecule has 0 radical (unpaired) electrons. The van der Waals surface area contributed by atoms with Gasteiger partial charge in [-0.15, -0.1) is 0 Å². The van der Waals surface area contributed by atoms with Gasteiger partial charge in [0.2, 0.25) is 0 Å². The first kappa shape index (κ1) is 24.6. The first-order chi connectivity index (χ1) is 17.4. The van der Waals surface area contributed by atoms with E-state index in [1.54, 1.807) is 24.3 Å². The van der Waals surface area contributed by atoms with Crippen LogP contribution in [0.5, 0.6) is 5.75 Å². The second-order valence-electron chi connectivity index (χ2n) is 11.2. The highest BCUT2D eigenvalue weighted by molar-refractivity contribution is 6.00. The van der Waals surface area contributed by atoms with E-state index in [-0.39, 0.29) is 5.91 Å². The van der Waals surface area contributed by atoms with E-state index < -0.39 is 5.97 Å². The smallest absolute Gasteiger partial charge is 0.338 e. The Hall–Kier alpha value is -3.12. The molecule has 4 fully saturated rings. The molecule has 0 saturated heterocycles. The molecule has 190 valence electrons. The Balaban J connectivity index is 1.12. The predicted molar refractivity (Wildman–Crippen MR) is 140 cm³/mol. The molecule has 6 nitrogen and oxygen atoms in total. The van der Waals surface area contributed by atoms with Gasteiger partial charge >= 0.3 is 5.97 Å². The molecule has 0 aromatic heterocycles. The van der Waals surface area contributed by atoms with Crippen molar-refractivity contribution in [2.24, 2.45) is 17.8 Å². The molecular formula is C30H36N2O4. The molecule has 4 bridgehead atoms. The maximum absolute atomic E-state index is 12.3. The summed E-state index contributed by atoms with van der Waals surface area (Å²) in [6, 6.07) is 15.2. The number of likely N-dealkylation sites (N-methyl/N-ethyl adjacent to an activating group) is 1. The van der Waals surface area contributed by atoms with E-state index in [2.05, 4.69) is 17.4 Å². The maximum atomic E-state index is 12.3. The third-order valence-corrected chi connectivity index (χ3v) is 8.07. The van der Waals surface area contributed by atoms with Crippen LogP contribution >= 0.6 is 0 Å². The van der Waals surface area contributed by atoms with Gasteiger partial charge in [0.25, 0.3) is 5.91 Å². The van der Waals surface area contributed by atoms with Gasteiger partial charge in [-0.25, -0.2) is 4.79 Å². The lowest BCUT2D eigenvalue weighted by molar-refractivity contribution is -0.112. The quantitative estimate of drug-likeness (QED) is 0.291. The SMILES string of the molecule is CN(C)CCOC(=O)c1cccc(NC(=O)C=COc2ccc(C34CC5CC(CC(C5)C3)C4)cc2)c1. The van der Waals surface area contributed by atoms with Gasteiger partial charge < -0.3 is 19.7 Å². The van der Waals surface area contributed by atoms with Crippen LogP contribution in [0.4, 0.5) is 5.69 Å². The number of carbonyl (C=O) groups excluding carboxylic acids is 2. The maximum Gasteiger partial charge on any atom is 0.338 e. The van der Waals surface area contributed by atoms with Crippen LogP contribution in [-0.2, 0) is 14.9 Å². The predicted octanol–water partition coefficient (Wildman–Crippen LogP) is 5.40. The number of benzene rings is 2. The summed E-state index contributed by atoms with van der Waals surface area (Å²) in [4.78, 5) is 26.5. The molecule has 0 heterocycles. The zero-order valence-corrected chi connectivity index (χ0v) is 21.2. The van der Waals surface area contributed by atoms with Crippen molar-refractivity contribution in [3.63, 3.8) is 0 Å². The number of hydrogen-bond donors (Lipinski definition) is 1. The summed E-state index contributed by atoms with van der Waals surface area (Å²) in [6.07, 6.45) is 11.1. The van der Waals surface area contributed by atoms with E-state index in [1.807, 2.05) is 31.1 Å². The number of amides is 1. The van der Waals surface area contributed by atoms with Crippen LogP contribution in [-0.4, -0.2) is 44.0 Å². The topological polar surface area (TPSA) is 67.9 Å². The molecule has 2 aromatic carbocycles. The van der Waals surface area contributed by atoms with E-state index >= 15 is 0 Å². The first-order valence-corrected chi connectivity index (χ1v) is 13.1. The van der Waals surface area contributed by atoms with Crippen LogP contribution in [0.25, 0.3) is 0 Å². The van der Waals surface area contributed by atoms with Crippen molar-refractivity contribution in [2.45, 2.75) is 43.9 Å². The van der Waals surface area contributed by atoms with Gasteiger partial charge in [0.15, 0.2) is 0 Å². The molecule has 1 amide bonds. The number of nitrogens with one attached hydrogen (secondary N) is 1. The second-order valence-corrected chi connectivity index (χ2v) is 11.2. The van der Waals surface area contributed by atoms with Crippen LogP contribution in [0, 0.1) is 17.8 Å². The molecule has 0 spiro atoms. The summed E-state index contributed by atoms with van der Waals surface area (Å²) in [5.74, 6) is 2.73. The largest absolute Gasteiger partial charge is 0.465 e. The molecule has 6 heteroatoms. The van der Waals surface area contributed by atoms with Crippen LogP contribution < -0.4 is 10.1 Å². The highest BCUT2D eigenvalue weighted by atomic mass is 16.5. The Kier molecular flexibility index (Phi) is 7.15. The number of ether oxygens (including phenoxy) is 2. The molecule has 6 rings (SSSR count). The summed E-state index contributed by atoms with van der Waals surface area (Å²) in [5.41, 5.74) is 2.74. The third kappa shape index (κ3) is 5.65. The highest BCUT2D eigenvalue weighted by Crippen LogP contribution is 2.60. The minimum atomic E-state index is -0.413. The van der Waals surface area contributed by atoms with Crippen molar-refractivity contribution in [3.8, 4) is 5.75 Å². The Bertz CT molecular complexity index is 1090. The van der Waals surface area contributed by atoms with Gasteiger partial charge in [0.05, 0.1) is 11.8 Å². The van der Waals surface area contributed by atoms with Crippen molar-refractivity contribution in [3.05, 3.63) is 72.0 Å². The fraction of sp³-hybridized carbons (Fsp3) is 0.467. The number of hydrogen-bond acceptors (Lipinski definition) is 5. The van der Waals surface area contributed by atoms with Crippen molar-refractivity contribution < 1.29 is 19.1 Å². The van der Waals surface area contributed by atoms with Crippen LogP contribution in [0.1, 0.15) is 54.4 Å². The molecule has 2 aromatic rings. The van der Waals surface area contributed by atoms with E-state index in [0.29, 0.717) is 29.8 Å². The highest BCUT2D eigenvalue weighted by Gasteiger charge is 2.51. The molecule has 36 heavy (non-hydrogen) atoms. The summed E-state index contributed by atoms with van der Waals surface area (Å²) < 4.78 is 11.0. The zero-order valence-electron chi connectivity index (χ0n) is 21.2. The van der Waals surface area contributed by atoms with E-state index in [9.17, 15) is 9.59 Å². The molecule has 1 N–H and O–H groups in total. The minimum Gasteiger partial charge on any atom is -0.465 e. The first-order valence-electron chi connectivity index (χ1n) is 13.1. The van der Waals surface area contributed by atoms with Crippen LogP contribution in [0.2, 0.25) is 0 Å². The fourth-order valence-corrected chi connectivity index (χ4v) is 6.84. The van der Waals surface area contributed by atoms with E-state index in [1.165, 1.54) is 56.4 Å². The molecule has 0 unspecified atom stereocenters. The molecule has 0 atom stereocenters. The van der Waals surface area contributed by atoms with Gasteiger partial charge in [0.1, 0.15) is 12.4 Å². The summed E-state index contributed by atoms with van der Waals surface area (Å²) in [6.45, 7) is 0.962. The van der Waals surface area contributed by atoms with E-state index in [4.69, 9.17) is 9.47 Å². The summed E-state index contributed by atoms with van der Waals surface area (Å²) in [7, 11) is 3.83. The van der Waals surface area contributed by atoms with Crippen molar-refractivity contribution in [2.75, 3.05) is 32.6 Å². The number of carbonyl (C=O) groups is 2. The third-order valence-electron chi connectivity index (χ3n) is 8.07. The lowest BCUT2D eigenvalue weighted by Gasteiger charge is -2.57. The minimum absolute atomic E-state index is 0.312.